The highest BCUT2D eigenvalue weighted by Crippen LogP contribution is 1.71. The van der Waals surface area contributed by atoms with Gasteiger partial charge in [-0.15, -0.1) is 6.58 Å². The van der Waals surface area contributed by atoms with Gasteiger partial charge in [-0.2, -0.15) is 0 Å². The molecular weight excluding hydrogens is 122 g/mol. The van der Waals surface area contributed by atoms with Crippen molar-refractivity contribution in [2.75, 3.05) is 0 Å². The maximum Gasteiger partial charge on any atom is 0.168 e. The molecule has 0 aromatic carbocycles. The maximum absolute atomic E-state index is 3.36. The van der Waals surface area contributed by atoms with Gasteiger partial charge in [0, 0.05) is 12.1 Å². The van der Waals surface area contributed by atoms with Gasteiger partial charge in [0.1, 0.15) is 7.05 Å². The lowest BCUT2D eigenvalue weighted by atomic mass is 10.5. The molecule has 0 bridgehead atoms. The predicted octanol–water partition coefficient (Wildman–Crippen LogP) is 1.70. The van der Waals surface area contributed by atoms with Crippen molar-refractivity contribution in [3.8, 4) is 0 Å². The Hall–Kier alpha value is -1.11. The average Bonchev–Trinajstić information content (AvgIpc) is 1.91. The summed E-state index contributed by atoms with van der Waals surface area (Å²) in [5.74, 6) is 0. The smallest absolute Gasteiger partial charge is 0.168 e. The zero-order chi connectivity index (χ0) is 7.82. The third-order valence-electron chi connectivity index (χ3n) is 0.865. The molecule has 0 aliphatic heterocycles. The Morgan fingerprint density at radius 1 is 1.20 bits per heavy atom. The van der Waals surface area contributed by atoms with Crippen LogP contribution in [0, 0.1) is 0 Å². The molecule has 1 aromatic heterocycles. The first-order valence-electron chi connectivity index (χ1n) is 3.28. The number of rotatable bonds is 0. The van der Waals surface area contributed by atoms with Crippen LogP contribution in [0.1, 0.15) is 6.92 Å². The Morgan fingerprint density at radius 2 is 1.60 bits per heavy atom. The molecule has 0 unspecified atom stereocenters. The van der Waals surface area contributed by atoms with Crippen LogP contribution >= 0.6 is 0 Å². The first-order chi connectivity index (χ1) is 4.81. The summed E-state index contributed by atoms with van der Waals surface area (Å²) in [7, 11) is 2.00. The third-order valence-corrected chi connectivity index (χ3v) is 0.865. The van der Waals surface area contributed by atoms with Crippen molar-refractivity contribution < 1.29 is 4.57 Å². The molecule has 10 heavy (non-hydrogen) atoms. The summed E-state index contributed by atoms with van der Waals surface area (Å²) in [5, 5.41) is 0. The van der Waals surface area contributed by atoms with Gasteiger partial charge >= 0.3 is 0 Å². The number of hydrogen-bond acceptors (Lipinski definition) is 0. The van der Waals surface area contributed by atoms with E-state index in [9.17, 15) is 0 Å². The largest absolute Gasteiger partial charge is 0.208 e. The van der Waals surface area contributed by atoms with Crippen LogP contribution in [0.2, 0.25) is 0 Å². The molecule has 0 radical (unpaired) electrons. The molecule has 54 valence electrons. The van der Waals surface area contributed by atoms with E-state index in [-0.39, 0.29) is 0 Å². The van der Waals surface area contributed by atoms with E-state index >= 15 is 0 Å². The molecule has 0 fully saturated rings. The van der Waals surface area contributed by atoms with Crippen LogP contribution in [-0.4, -0.2) is 0 Å². The lowest BCUT2D eigenvalue weighted by Crippen LogP contribution is -2.25. The topological polar surface area (TPSA) is 3.88 Å². The van der Waals surface area contributed by atoms with Crippen LogP contribution < -0.4 is 4.57 Å². The van der Waals surface area contributed by atoms with Gasteiger partial charge in [-0.25, -0.2) is 4.57 Å². The van der Waals surface area contributed by atoms with Crippen molar-refractivity contribution in [2.45, 2.75) is 6.92 Å². The van der Waals surface area contributed by atoms with E-state index in [4.69, 9.17) is 0 Å². The third kappa shape index (κ3) is 5.04. The van der Waals surface area contributed by atoms with Crippen molar-refractivity contribution in [1.29, 1.82) is 0 Å². The molecule has 0 N–H and O–H groups in total. The molecular formula is C9H14N+. The highest BCUT2D eigenvalue weighted by Gasteiger charge is 1.78. The molecule has 1 heteroatoms. The van der Waals surface area contributed by atoms with Gasteiger partial charge in [-0.1, -0.05) is 12.1 Å². The highest BCUT2D eigenvalue weighted by molar-refractivity contribution is 4.83. The lowest BCUT2D eigenvalue weighted by molar-refractivity contribution is -0.671. The Kier molecular flexibility index (Phi) is 5.35. The first-order valence-corrected chi connectivity index (χ1v) is 3.28. The number of pyridine rings is 1. The second-order valence-corrected chi connectivity index (χ2v) is 1.95. The van der Waals surface area contributed by atoms with Gasteiger partial charge in [0.05, 0.1) is 0 Å². The standard InChI is InChI=1S/C6H8N.C3H6/c1-7-5-3-2-4-6-7;1-3-2/h2-6H,1H3;3H,1H2,2H3/q+1;. The predicted molar refractivity (Wildman–Crippen MR) is 43.5 cm³/mol. The minimum absolute atomic E-state index is 1.75. The molecule has 0 saturated heterocycles. The average molecular weight is 136 g/mol. The summed E-state index contributed by atoms with van der Waals surface area (Å²) >= 11 is 0. The highest BCUT2D eigenvalue weighted by atomic mass is 14.9. The normalized spacial score (nSPS) is 7.40. The van der Waals surface area contributed by atoms with Crippen LogP contribution in [0.15, 0.2) is 43.2 Å². The van der Waals surface area contributed by atoms with Gasteiger partial charge in [-0.3, -0.25) is 0 Å². The number of nitrogens with zero attached hydrogens (tertiary/aromatic N) is 1. The van der Waals surface area contributed by atoms with Crippen molar-refractivity contribution in [3.63, 3.8) is 0 Å². The molecule has 0 aliphatic rings. The molecule has 0 atom stereocenters. The molecule has 0 saturated carbocycles. The van der Waals surface area contributed by atoms with Crippen LogP contribution in [0.3, 0.4) is 0 Å². The van der Waals surface area contributed by atoms with E-state index in [0.29, 0.717) is 0 Å². The summed E-state index contributed by atoms with van der Waals surface area (Å²) in [6.45, 7) is 5.25. The van der Waals surface area contributed by atoms with Gasteiger partial charge in [0.15, 0.2) is 12.4 Å². The first kappa shape index (κ1) is 8.89. The molecule has 0 aliphatic carbocycles. The van der Waals surface area contributed by atoms with Crippen LogP contribution in [0.25, 0.3) is 0 Å². The summed E-state index contributed by atoms with van der Waals surface area (Å²) in [6.07, 6.45) is 5.75. The SMILES string of the molecule is C=CC.C[n+]1ccccc1. The Balaban J connectivity index is 0.000000236. The Bertz CT molecular complexity index is 167. The van der Waals surface area contributed by atoms with Crippen LogP contribution in [0.5, 0.6) is 0 Å². The monoisotopic (exact) mass is 136 g/mol. The zero-order valence-corrected chi connectivity index (χ0v) is 6.62. The summed E-state index contributed by atoms with van der Waals surface area (Å²) < 4.78 is 2.00. The van der Waals surface area contributed by atoms with Crippen LogP contribution in [-0.2, 0) is 7.05 Å². The van der Waals surface area contributed by atoms with E-state index in [2.05, 4.69) is 6.58 Å². The zero-order valence-electron chi connectivity index (χ0n) is 6.62. The fourth-order valence-corrected chi connectivity index (χ4v) is 0.485. The molecule has 1 aromatic rings. The van der Waals surface area contributed by atoms with Crippen molar-refractivity contribution in [2.24, 2.45) is 7.05 Å². The van der Waals surface area contributed by atoms with Crippen molar-refractivity contribution in [1.82, 2.24) is 0 Å². The molecule has 1 nitrogen and oxygen atoms in total. The van der Waals surface area contributed by atoms with Crippen LogP contribution in [0.4, 0.5) is 0 Å². The van der Waals surface area contributed by atoms with E-state index in [1.54, 1.807) is 6.08 Å². The Labute approximate surface area is 62.6 Å². The van der Waals surface area contributed by atoms with Gasteiger partial charge < -0.3 is 0 Å². The lowest BCUT2D eigenvalue weighted by Gasteiger charge is -1.77. The molecule has 1 heterocycles. The number of hydrogen-bond donors (Lipinski definition) is 0. The number of aryl methyl sites for hydroxylation is 1. The minimum atomic E-state index is 1.75. The maximum atomic E-state index is 3.36. The summed E-state index contributed by atoms with van der Waals surface area (Å²) in [6, 6.07) is 6.00. The second kappa shape index (κ2) is 6.02. The van der Waals surface area contributed by atoms with E-state index in [1.807, 2.05) is 49.1 Å². The molecule has 0 amide bonds. The van der Waals surface area contributed by atoms with Crippen molar-refractivity contribution in [3.05, 3.63) is 43.2 Å². The Morgan fingerprint density at radius 3 is 1.80 bits per heavy atom. The summed E-state index contributed by atoms with van der Waals surface area (Å²) in [4.78, 5) is 0. The quantitative estimate of drug-likeness (QED) is 0.377. The second-order valence-electron chi connectivity index (χ2n) is 1.95. The number of aromatic nitrogens is 1. The number of allylic oxidation sites excluding steroid dienone is 1. The molecule has 0 spiro atoms. The fourth-order valence-electron chi connectivity index (χ4n) is 0.485. The van der Waals surface area contributed by atoms with E-state index in [1.165, 1.54) is 0 Å². The van der Waals surface area contributed by atoms with Gasteiger partial charge in [-0.05, 0) is 6.92 Å². The van der Waals surface area contributed by atoms with E-state index < -0.39 is 0 Å². The van der Waals surface area contributed by atoms with Gasteiger partial charge in [0.2, 0.25) is 0 Å². The van der Waals surface area contributed by atoms with Crippen molar-refractivity contribution >= 4 is 0 Å². The van der Waals surface area contributed by atoms with Gasteiger partial charge in [0.25, 0.3) is 0 Å². The fraction of sp³-hybridized carbons (Fsp3) is 0.222. The minimum Gasteiger partial charge on any atom is -0.208 e. The molecule has 1 rings (SSSR count). The van der Waals surface area contributed by atoms with E-state index in [0.717, 1.165) is 0 Å². The summed E-state index contributed by atoms with van der Waals surface area (Å²) in [5.41, 5.74) is 0.